The summed E-state index contributed by atoms with van der Waals surface area (Å²) in [6, 6.07) is 17.5. The Kier molecular flexibility index (Phi) is 5.03. The summed E-state index contributed by atoms with van der Waals surface area (Å²) in [6.45, 7) is 7.65. The van der Waals surface area contributed by atoms with Crippen LogP contribution in [0.1, 0.15) is 49.2 Å². The Balaban J connectivity index is 1.71. The van der Waals surface area contributed by atoms with E-state index in [4.69, 9.17) is 0 Å². The van der Waals surface area contributed by atoms with E-state index in [1.54, 1.807) is 18.3 Å². The summed E-state index contributed by atoms with van der Waals surface area (Å²) in [5, 5.41) is 3.06. The molecular formula is C31H29N3O3. The van der Waals surface area contributed by atoms with Gasteiger partial charge in [-0.1, -0.05) is 63.2 Å². The van der Waals surface area contributed by atoms with E-state index in [-0.39, 0.29) is 17.5 Å². The van der Waals surface area contributed by atoms with Crippen LogP contribution in [0.3, 0.4) is 0 Å². The highest BCUT2D eigenvalue weighted by Gasteiger charge is 2.71. The molecule has 3 aliphatic heterocycles. The molecule has 1 aromatic heterocycles. The standard InChI is InChI=1S/C31H29N3O3/c1-18-16-24-31(21-12-6-7-13-22(21)33-29(31)37)25(27(35)19-10-9-15-32-17-19)26(28(36)30(2,3)4)34(24)23-14-8-5-11-20(18)23/h5-17,24-26H,1-4H3,(H,33,37)/t24-,25+,26+,31-/m1/s1. The third-order valence-electron chi connectivity index (χ3n) is 8.12. The van der Waals surface area contributed by atoms with Crippen LogP contribution in [-0.2, 0) is 15.0 Å². The second-order valence-corrected chi connectivity index (χ2v) is 11.2. The van der Waals surface area contributed by atoms with Crippen LogP contribution >= 0.6 is 0 Å². The highest BCUT2D eigenvalue weighted by atomic mass is 16.2. The number of ketones is 2. The Labute approximate surface area is 216 Å². The molecule has 0 aliphatic carbocycles. The first kappa shape index (κ1) is 23.3. The quantitative estimate of drug-likeness (QED) is 0.518. The number of pyridine rings is 1. The van der Waals surface area contributed by atoms with E-state index < -0.39 is 28.8 Å². The summed E-state index contributed by atoms with van der Waals surface area (Å²) < 4.78 is 0. The number of nitrogens with zero attached hydrogens (tertiary/aromatic N) is 2. The molecule has 186 valence electrons. The Hall–Kier alpha value is -4.06. The molecule has 1 N–H and O–H groups in total. The van der Waals surface area contributed by atoms with Gasteiger partial charge in [0.15, 0.2) is 11.6 Å². The summed E-state index contributed by atoms with van der Waals surface area (Å²) in [6.07, 6.45) is 5.21. The van der Waals surface area contributed by atoms with Gasteiger partial charge in [0.1, 0.15) is 11.5 Å². The number of para-hydroxylation sites is 2. The lowest BCUT2D eigenvalue weighted by Gasteiger charge is -2.39. The van der Waals surface area contributed by atoms with E-state index in [9.17, 15) is 14.4 Å². The number of carbonyl (C=O) groups is 3. The van der Waals surface area contributed by atoms with Crippen molar-refractivity contribution >= 4 is 34.4 Å². The number of benzene rings is 2. The SMILES string of the molecule is CC1=C[C@H]2N(c3ccccc31)[C@H](C(=O)C(C)(C)C)[C@@H](C(=O)c1cccnc1)[C@]21C(=O)Nc2ccccc21. The van der Waals surface area contributed by atoms with Crippen molar-refractivity contribution in [3.63, 3.8) is 0 Å². The third-order valence-corrected chi connectivity index (χ3v) is 8.12. The van der Waals surface area contributed by atoms with Crippen LogP contribution in [-0.4, -0.2) is 34.5 Å². The Bertz CT molecular complexity index is 1490. The molecular weight excluding hydrogens is 462 g/mol. The van der Waals surface area contributed by atoms with Crippen molar-refractivity contribution in [2.24, 2.45) is 11.3 Å². The summed E-state index contributed by atoms with van der Waals surface area (Å²) in [7, 11) is 0. The van der Waals surface area contributed by atoms with Gasteiger partial charge in [0.2, 0.25) is 5.91 Å². The highest BCUT2D eigenvalue weighted by Crippen LogP contribution is 2.59. The molecule has 4 atom stereocenters. The molecule has 37 heavy (non-hydrogen) atoms. The van der Waals surface area contributed by atoms with Crippen LogP contribution in [0.15, 0.2) is 79.1 Å². The highest BCUT2D eigenvalue weighted by molar-refractivity contribution is 6.17. The number of fused-ring (bicyclic) bond motifs is 6. The lowest BCUT2D eigenvalue weighted by atomic mass is 9.63. The van der Waals surface area contributed by atoms with Gasteiger partial charge in [-0.15, -0.1) is 0 Å². The number of aromatic nitrogens is 1. The number of Topliss-reactive ketones (excluding diaryl/α,β-unsaturated/α-hetero) is 2. The van der Waals surface area contributed by atoms with Gasteiger partial charge in [0.25, 0.3) is 0 Å². The van der Waals surface area contributed by atoms with Gasteiger partial charge >= 0.3 is 0 Å². The topological polar surface area (TPSA) is 79.4 Å². The monoisotopic (exact) mass is 491 g/mol. The number of rotatable bonds is 3. The van der Waals surface area contributed by atoms with Crippen LogP contribution in [0, 0.1) is 11.3 Å². The molecule has 0 bridgehead atoms. The molecule has 0 unspecified atom stereocenters. The molecule has 2 aromatic carbocycles. The second kappa shape index (κ2) is 7.97. The summed E-state index contributed by atoms with van der Waals surface area (Å²) in [5.74, 6) is -1.53. The smallest absolute Gasteiger partial charge is 0.238 e. The van der Waals surface area contributed by atoms with Crippen molar-refractivity contribution in [1.29, 1.82) is 0 Å². The first-order chi connectivity index (χ1) is 17.7. The van der Waals surface area contributed by atoms with Crippen LogP contribution in [0.4, 0.5) is 11.4 Å². The number of hydrogen-bond acceptors (Lipinski definition) is 5. The third kappa shape index (κ3) is 3.11. The second-order valence-electron chi connectivity index (χ2n) is 11.2. The van der Waals surface area contributed by atoms with Gasteiger partial charge in [-0.2, -0.15) is 0 Å². The average Bonchev–Trinajstić information content (AvgIpc) is 3.36. The van der Waals surface area contributed by atoms with Gasteiger partial charge in [-0.3, -0.25) is 19.4 Å². The number of nitrogens with one attached hydrogen (secondary N) is 1. The van der Waals surface area contributed by atoms with Gasteiger partial charge in [-0.05, 0) is 42.3 Å². The van der Waals surface area contributed by atoms with Gasteiger partial charge < -0.3 is 10.2 Å². The maximum absolute atomic E-state index is 14.5. The van der Waals surface area contributed by atoms with Crippen molar-refractivity contribution in [2.75, 3.05) is 10.2 Å². The molecule has 1 amide bonds. The molecule has 1 spiro atoms. The first-order valence-electron chi connectivity index (χ1n) is 12.6. The first-order valence-corrected chi connectivity index (χ1v) is 12.6. The zero-order valence-electron chi connectivity index (χ0n) is 21.4. The maximum atomic E-state index is 14.5. The molecule has 1 saturated heterocycles. The van der Waals surface area contributed by atoms with Crippen molar-refractivity contribution in [2.45, 2.75) is 45.2 Å². The number of hydrogen-bond donors (Lipinski definition) is 1. The van der Waals surface area contributed by atoms with Gasteiger partial charge in [0.05, 0.1) is 12.0 Å². The van der Waals surface area contributed by atoms with Crippen molar-refractivity contribution in [3.05, 3.63) is 95.8 Å². The van der Waals surface area contributed by atoms with Crippen LogP contribution in [0.2, 0.25) is 0 Å². The average molecular weight is 492 g/mol. The van der Waals surface area contributed by atoms with E-state index in [2.05, 4.69) is 21.3 Å². The van der Waals surface area contributed by atoms with Crippen LogP contribution < -0.4 is 10.2 Å². The van der Waals surface area contributed by atoms with Crippen LogP contribution in [0.25, 0.3) is 5.57 Å². The van der Waals surface area contributed by atoms with Crippen molar-refractivity contribution in [1.82, 2.24) is 4.98 Å². The summed E-state index contributed by atoms with van der Waals surface area (Å²) in [4.78, 5) is 49.4. The Morgan fingerprint density at radius 3 is 2.46 bits per heavy atom. The molecule has 6 nitrogen and oxygen atoms in total. The Morgan fingerprint density at radius 1 is 1.00 bits per heavy atom. The summed E-state index contributed by atoms with van der Waals surface area (Å²) in [5.41, 5.74) is 2.69. The fraction of sp³-hybridized carbons (Fsp3) is 0.290. The number of anilines is 2. The van der Waals surface area contributed by atoms with E-state index >= 15 is 0 Å². The maximum Gasteiger partial charge on any atom is 0.238 e. The fourth-order valence-electron chi connectivity index (χ4n) is 6.52. The zero-order valence-corrected chi connectivity index (χ0v) is 21.4. The van der Waals surface area contributed by atoms with Crippen LogP contribution in [0.5, 0.6) is 0 Å². The zero-order chi connectivity index (χ0) is 26.1. The normalized spacial score (nSPS) is 25.7. The number of carbonyl (C=O) groups excluding carboxylic acids is 3. The van der Waals surface area contributed by atoms with E-state index in [1.807, 2.05) is 76.2 Å². The minimum Gasteiger partial charge on any atom is -0.352 e. The number of allylic oxidation sites excluding steroid dienone is 1. The van der Waals surface area contributed by atoms with E-state index in [0.29, 0.717) is 11.3 Å². The number of amides is 1. The minimum atomic E-state index is -1.29. The summed E-state index contributed by atoms with van der Waals surface area (Å²) >= 11 is 0. The predicted molar refractivity (Wildman–Crippen MR) is 143 cm³/mol. The largest absolute Gasteiger partial charge is 0.352 e. The predicted octanol–water partition coefficient (Wildman–Crippen LogP) is 5.06. The van der Waals surface area contributed by atoms with Gasteiger partial charge in [-0.25, -0.2) is 0 Å². The van der Waals surface area contributed by atoms with Crippen molar-refractivity contribution in [3.8, 4) is 0 Å². The van der Waals surface area contributed by atoms with Gasteiger partial charge in [0, 0.05) is 40.3 Å². The molecule has 0 saturated carbocycles. The Morgan fingerprint density at radius 2 is 1.73 bits per heavy atom. The minimum absolute atomic E-state index is 0.0726. The fourth-order valence-corrected chi connectivity index (χ4v) is 6.52. The molecule has 3 aliphatic rings. The van der Waals surface area contributed by atoms with E-state index in [0.717, 1.165) is 22.4 Å². The molecule has 3 aromatic rings. The molecule has 1 fully saturated rings. The molecule has 4 heterocycles. The molecule has 0 radical (unpaired) electrons. The lowest BCUT2D eigenvalue weighted by Crippen LogP contribution is -2.51. The van der Waals surface area contributed by atoms with E-state index in [1.165, 1.54) is 6.20 Å². The molecule has 6 heteroatoms. The lowest BCUT2D eigenvalue weighted by molar-refractivity contribution is -0.128. The van der Waals surface area contributed by atoms with Crippen molar-refractivity contribution < 1.29 is 14.4 Å². The molecule has 6 rings (SSSR count).